The highest BCUT2D eigenvalue weighted by Crippen LogP contribution is 2.60. The van der Waals surface area contributed by atoms with Crippen molar-refractivity contribution >= 4 is 29.1 Å². The molecule has 0 saturated heterocycles. The molecule has 30 heavy (non-hydrogen) atoms. The second-order valence-electron chi connectivity index (χ2n) is 7.44. The molecule has 5 heteroatoms. The first-order chi connectivity index (χ1) is 14.6. The van der Waals surface area contributed by atoms with Gasteiger partial charge in [0.2, 0.25) is 5.91 Å². The van der Waals surface area contributed by atoms with Crippen LogP contribution in [0.1, 0.15) is 33.8 Å². The van der Waals surface area contributed by atoms with Crippen LogP contribution in [0.3, 0.4) is 0 Å². The van der Waals surface area contributed by atoms with Crippen molar-refractivity contribution in [3.05, 3.63) is 112 Å². The molecule has 1 spiro atoms. The molecule has 2 atom stereocenters. The minimum atomic E-state index is -1.10. The third kappa shape index (κ3) is 2.89. The van der Waals surface area contributed by atoms with Crippen molar-refractivity contribution < 1.29 is 14.0 Å². The predicted molar refractivity (Wildman–Crippen MR) is 117 cm³/mol. The van der Waals surface area contributed by atoms with E-state index in [1.165, 1.54) is 23.9 Å². The molecular formula is C25H18FNO2S. The fourth-order valence-corrected chi connectivity index (χ4v) is 5.86. The average Bonchev–Trinajstić information content (AvgIpc) is 3.05. The third-order valence-corrected chi connectivity index (χ3v) is 7.31. The van der Waals surface area contributed by atoms with Gasteiger partial charge in [0, 0.05) is 22.7 Å². The molecule has 0 aliphatic carbocycles. The van der Waals surface area contributed by atoms with Crippen LogP contribution >= 0.6 is 11.8 Å². The van der Waals surface area contributed by atoms with Crippen LogP contribution in [-0.2, 0) is 9.54 Å². The number of ketones is 1. The molecule has 0 fully saturated rings. The molecule has 3 aromatic carbocycles. The zero-order chi connectivity index (χ0) is 20.7. The summed E-state index contributed by atoms with van der Waals surface area (Å²) in [6.45, 7) is 0. The zero-order valence-corrected chi connectivity index (χ0v) is 16.8. The first-order valence-corrected chi connectivity index (χ1v) is 10.6. The minimum absolute atomic E-state index is 0.121. The van der Waals surface area contributed by atoms with Gasteiger partial charge in [0.1, 0.15) is 10.6 Å². The van der Waals surface area contributed by atoms with Crippen LogP contribution in [-0.4, -0.2) is 11.7 Å². The van der Waals surface area contributed by atoms with Crippen LogP contribution in [0.2, 0.25) is 0 Å². The number of anilines is 1. The van der Waals surface area contributed by atoms with Gasteiger partial charge in [-0.3, -0.25) is 9.59 Å². The van der Waals surface area contributed by atoms with Crippen molar-refractivity contribution in [2.24, 2.45) is 0 Å². The molecule has 2 aliphatic heterocycles. The number of carbonyl (C=O) groups is 2. The third-order valence-electron chi connectivity index (χ3n) is 5.73. The van der Waals surface area contributed by atoms with Gasteiger partial charge in [-0.1, -0.05) is 78.5 Å². The van der Waals surface area contributed by atoms with Crippen molar-refractivity contribution in [1.29, 1.82) is 0 Å². The van der Waals surface area contributed by atoms with Crippen LogP contribution in [0.4, 0.5) is 10.1 Å². The van der Waals surface area contributed by atoms with Crippen molar-refractivity contribution in [2.75, 3.05) is 5.32 Å². The fourth-order valence-electron chi connectivity index (χ4n) is 4.32. The number of rotatable bonds is 3. The van der Waals surface area contributed by atoms with E-state index in [1.54, 1.807) is 18.2 Å². The highest BCUT2D eigenvalue weighted by Gasteiger charge is 2.56. The lowest BCUT2D eigenvalue weighted by molar-refractivity contribution is -0.118. The maximum absolute atomic E-state index is 14.2. The lowest BCUT2D eigenvalue weighted by Crippen LogP contribution is -2.39. The number of amides is 1. The Bertz CT molecular complexity index is 1180. The van der Waals surface area contributed by atoms with E-state index in [9.17, 15) is 14.0 Å². The van der Waals surface area contributed by atoms with E-state index in [2.05, 4.69) is 5.32 Å². The standard InChI is InChI=1S/C25H18FNO2S/c26-18-11-13-21-20(15-18)25(24(29)27-21)19(16-7-3-1-4-8-16)12-14-22(30-25)23(28)17-9-5-2-6-10-17/h1-11,13-15,19H,12H2,(H,27,29)/t19-,25-/m0/s1. The van der Waals surface area contributed by atoms with Gasteiger partial charge >= 0.3 is 0 Å². The molecule has 148 valence electrons. The number of benzene rings is 3. The topological polar surface area (TPSA) is 46.2 Å². The van der Waals surface area contributed by atoms with Crippen LogP contribution in [0.5, 0.6) is 0 Å². The monoisotopic (exact) mass is 415 g/mol. The van der Waals surface area contributed by atoms with Gasteiger partial charge in [0.25, 0.3) is 0 Å². The molecule has 3 aromatic rings. The largest absolute Gasteiger partial charge is 0.324 e. The molecule has 1 amide bonds. The first kappa shape index (κ1) is 18.8. The Morgan fingerprint density at radius 1 is 1.00 bits per heavy atom. The van der Waals surface area contributed by atoms with E-state index in [0.717, 1.165) is 5.56 Å². The van der Waals surface area contributed by atoms with Crippen molar-refractivity contribution in [1.82, 2.24) is 0 Å². The van der Waals surface area contributed by atoms with Gasteiger partial charge in [-0.15, -0.1) is 0 Å². The maximum Gasteiger partial charge on any atom is 0.246 e. The van der Waals surface area contributed by atoms with E-state index in [0.29, 0.717) is 28.1 Å². The maximum atomic E-state index is 14.2. The summed E-state index contributed by atoms with van der Waals surface area (Å²) in [6.07, 6.45) is 2.42. The Morgan fingerprint density at radius 2 is 1.70 bits per heavy atom. The Kier molecular flexibility index (Phi) is 4.55. The van der Waals surface area contributed by atoms with Gasteiger partial charge in [-0.05, 0) is 30.2 Å². The number of fused-ring (bicyclic) bond motifs is 2. The van der Waals surface area contributed by atoms with Crippen LogP contribution in [0.25, 0.3) is 0 Å². The molecule has 0 aromatic heterocycles. The molecule has 0 unspecified atom stereocenters. The molecule has 2 heterocycles. The molecular weight excluding hydrogens is 397 g/mol. The van der Waals surface area contributed by atoms with Crippen molar-refractivity contribution in [2.45, 2.75) is 17.1 Å². The Balaban J connectivity index is 1.67. The molecule has 1 N–H and O–H groups in total. The number of hydrogen-bond acceptors (Lipinski definition) is 3. The van der Waals surface area contributed by atoms with E-state index >= 15 is 0 Å². The number of thioether (sulfide) groups is 1. The van der Waals surface area contributed by atoms with Crippen LogP contribution < -0.4 is 5.32 Å². The quantitative estimate of drug-likeness (QED) is 0.562. The van der Waals surface area contributed by atoms with Crippen molar-refractivity contribution in [3.63, 3.8) is 0 Å². The highest BCUT2D eigenvalue weighted by molar-refractivity contribution is 8.05. The van der Waals surface area contributed by atoms with Crippen LogP contribution in [0.15, 0.2) is 89.8 Å². The Hall–Kier alpha value is -3.18. The van der Waals surface area contributed by atoms with E-state index in [4.69, 9.17) is 0 Å². The van der Waals surface area contributed by atoms with E-state index in [1.807, 2.05) is 54.6 Å². The first-order valence-electron chi connectivity index (χ1n) is 9.75. The Labute approximate surface area is 178 Å². The highest BCUT2D eigenvalue weighted by atomic mass is 32.2. The van der Waals surface area contributed by atoms with Crippen LogP contribution in [0, 0.1) is 5.82 Å². The SMILES string of the molecule is O=C(C1=CC[C@@H](c2ccccc2)[C@@]2(S1)C(=O)Nc1ccc(F)cc12)c1ccccc1. The second kappa shape index (κ2) is 7.26. The lowest BCUT2D eigenvalue weighted by Gasteiger charge is -2.39. The normalized spacial score (nSPS) is 22.4. The van der Waals surface area contributed by atoms with Gasteiger partial charge < -0.3 is 5.32 Å². The molecule has 3 nitrogen and oxygen atoms in total. The van der Waals surface area contributed by atoms with Gasteiger partial charge in [0.05, 0.1) is 4.91 Å². The van der Waals surface area contributed by atoms with Gasteiger partial charge in [0.15, 0.2) is 5.78 Å². The molecule has 2 aliphatic rings. The molecule has 0 bridgehead atoms. The summed E-state index contributed by atoms with van der Waals surface area (Å²) in [7, 11) is 0. The van der Waals surface area contributed by atoms with Crippen molar-refractivity contribution in [3.8, 4) is 0 Å². The summed E-state index contributed by atoms with van der Waals surface area (Å²) in [5, 5.41) is 2.92. The van der Waals surface area contributed by atoms with E-state index < -0.39 is 10.6 Å². The minimum Gasteiger partial charge on any atom is -0.324 e. The number of nitrogens with one attached hydrogen (secondary N) is 1. The number of carbonyl (C=O) groups excluding carboxylic acids is 2. The number of Topliss-reactive ketones (excluding diaryl/α,β-unsaturated/α-hetero) is 1. The lowest BCUT2D eigenvalue weighted by atomic mass is 9.78. The average molecular weight is 415 g/mol. The summed E-state index contributed by atoms with van der Waals surface area (Å²) < 4.78 is 13.1. The molecule has 0 radical (unpaired) electrons. The summed E-state index contributed by atoms with van der Waals surface area (Å²) in [6, 6.07) is 23.1. The number of hydrogen-bond donors (Lipinski definition) is 1. The second-order valence-corrected chi connectivity index (χ2v) is 8.73. The fraction of sp³-hybridized carbons (Fsp3) is 0.120. The van der Waals surface area contributed by atoms with Gasteiger partial charge in [-0.2, -0.15) is 0 Å². The summed E-state index contributed by atoms with van der Waals surface area (Å²) in [5.74, 6) is -0.959. The number of allylic oxidation sites excluding steroid dienone is 2. The zero-order valence-electron chi connectivity index (χ0n) is 16.0. The van der Waals surface area contributed by atoms with Gasteiger partial charge in [-0.25, -0.2) is 4.39 Å². The smallest absolute Gasteiger partial charge is 0.246 e. The Morgan fingerprint density at radius 3 is 2.43 bits per heavy atom. The molecule has 0 saturated carbocycles. The van der Waals surface area contributed by atoms with E-state index in [-0.39, 0.29) is 17.6 Å². The predicted octanol–water partition coefficient (Wildman–Crippen LogP) is 5.66. The number of halogens is 1. The summed E-state index contributed by atoms with van der Waals surface area (Å²) >= 11 is 1.24. The summed E-state index contributed by atoms with van der Waals surface area (Å²) in [5.41, 5.74) is 2.75. The molecule has 5 rings (SSSR count). The summed E-state index contributed by atoms with van der Waals surface area (Å²) in [4.78, 5) is 27.1.